The number of benzene rings is 1. The van der Waals surface area contributed by atoms with Crippen LogP contribution in [0.5, 0.6) is 0 Å². The van der Waals surface area contributed by atoms with Gasteiger partial charge in [0.1, 0.15) is 0 Å². The molecule has 168 valence electrons. The van der Waals surface area contributed by atoms with Gasteiger partial charge in [0.2, 0.25) is 0 Å². The maximum Gasteiger partial charge on any atom is 0.170 e. The second kappa shape index (κ2) is 9.43. The Hall–Kier alpha value is -2.70. The Labute approximate surface area is 196 Å². The molecule has 0 aliphatic carbocycles. The summed E-state index contributed by atoms with van der Waals surface area (Å²) in [5, 5.41) is 4.29. The fourth-order valence-corrected chi connectivity index (χ4v) is 5.26. The second-order valence-corrected chi connectivity index (χ2v) is 8.80. The van der Waals surface area contributed by atoms with Gasteiger partial charge in [-0.05, 0) is 74.3 Å². The summed E-state index contributed by atoms with van der Waals surface area (Å²) >= 11 is 5.77. The zero-order chi connectivity index (χ0) is 22.8. The van der Waals surface area contributed by atoms with Gasteiger partial charge in [-0.15, -0.1) is 0 Å². The second-order valence-electron chi connectivity index (χ2n) is 8.41. The van der Waals surface area contributed by atoms with Crippen LogP contribution in [0.4, 0.5) is 0 Å². The Kier molecular flexibility index (Phi) is 6.63. The molecule has 0 bridgehead atoms. The molecule has 2 aromatic heterocycles. The van der Waals surface area contributed by atoms with Crippen LogP contribution in [0.3, 0.4) is 0 Å². The molecule has 0 amide bonds. The number of rotatable bonds is 7. The number of hydrogen-bond donors (Lipinski definition) is 1. The first-order valence-corrected chi connectivity index (χ1v) is 11.6. The van der Waals surface area contributed by atoms with E-state index in [-0.39, 0.29) is 12.1 Å². The number of nitrogens with one attached hydrogen (secondary N) is 1. The van der Waals surface area contributed by atoms with Gasteiger partial charge in [-0.25, -0.2) is 0 Å². The van der Waals surface area contributed by atoms with Crippen molar-refractivity contribution < 1.29 is 4.74 Å². The van der Waals surface area contributed by atoms with Crippen molar-refractivity contribution >= 4 is 17.3 Å². The summed E-state index contributed by atoms with van der Waals surface area (Å²) in [6.07, 6.45) is 2.84. The van der Waals surface area contributed by atoms with Gasteiger partial charge >= 0.3 is 0 Å². The van der Waals surface area contributed by atoms with E-state index >= 15 is 0 Å². The van der Waals surface area contributed by atoms with Crippen molar-refractivity contribution in [1.29, 1.82) is 0 Å². The lowest BCUT2D eigenvalue weighted by Gasteiger charge is -2.28. The van der Waals surface area contributed by atoms with Crippen LogP contribution in [0.1, 0.15) is 52.8 Å². The number of methoxy groups -OCH3 is 1. The van der Waals surface area contributed by atoms with Crippen molar-refractivity contribution in [2.24, 2.45) is 0 Å². The third-order valence-electron chi connectivity index (χ3n) is 6.45. The fraction of sp³-hybridized carbons (Fsp3) is 0.385. The van der Waals surface area contributed by atoms with Crippen LogP contribution in [-0.2, 0) is 11.2 Å². The van der Waals surface area contributed by atoms with Gasteiger partial charge in [-0.2, -0.15) is 0 Å². The number of aromatic nitrogens is 2. The number of nitrogens with zero attached hydrogens (tertiary/aromatic N) is 3. The Balaban J connectivity index is 1.86. The molecule has 0 saturated carbocycles. The minimum atomic E-state index is -0.0166. The molecule has 0 unspecified atom stereocenters. The molecule has 3 heterocycles. The number of aryl methyl sites for hydroxylation is 3. The molecule has 1 aliphatic rings. The summed E-state index contributed by atoms with van der Waals surface area (Å²) in [7, 11) is 1.73. The lowest BCUT2D eigenvalue weighted by molar-refractivity contribution is 0.164. The van der Waals surface area contributed by atoms with Crippen LogP contribution in [-0.4, -0.2) is 39.8 Å². The number of hydrogen-bond acceptors (Lipinski definition) is 3. The summed E-state index contributed by atoms with van der Waals surface area (Å²) in [4.78, 5) is 6.91. The molecule has 1 N–H and O–H groups in total. The molecule has 2 atom stereocenters. The van der Waals surface area contributed by atoms with Crippen LogP contribution in [0.15, 0.2) is 48.7 Å². The van der Waals surface area contributed by atoms with Crippen molar-refractivity contribution in [2.75, 3.05) is 20.3 Å². The van der Waals surface area contributed by atoms with E-state index in [1.807, 2.05) is 18.3 Å². The maximum atomic E-state index is 5.77. The molecule has 6 heteroatoms. The molecular formula is C26H32N4OS. The highest BCUT2D eigenvalue weighted by Crippen LogP contribution is 2.41. The Morgan fingerprint density at radius 3 is 2.62 bits per heavy atom. The number of ether oxygens (including phenoxy) is 1. The normalized spacial score (nSPS) is 18.3. The van der Waals surface area contributed by atoms with E-state index in [9.17, 15) is 0 Å². The standard InChI is InChI=1S/C26H32N4OS/c1-6-20-11-9-10-17(2)24(20)30-18(3)16-21(19(30)4)25-23(22-12-7-8-13-27-22)28-26(32)29(25)14-15-31-5/h7-13,16,23,25H,6,14-15H2,1-5H3,(H,28,32)/t23-,25+/m0/s1. The molecule has 32 heavy (non-hydrogen) atoms. The number of thiocarbonyl (C=S) groups is 1. The van der Waals surface area contributed by atoms with Crippen molar-refractivity contribution in [3.63, 3.8) is 0 Å². The van der Waals surface area contributed by atoms with Gasteiger partial charge in [0.05, 0.1) is 30.1 Å². The van der Waals surface area contributed by atoms with Gasteiger partial charge < -0.3 is 19.5 Å². The Morgan fingerprint density at radius 2 is 1.94 bits per heavy atom. The molecule has 3 aromatic rings. The minimum Gasteiger partial charge on any atom is -0.383 e. The van der Waals surface area contributed by atoms with Gasteiger partial charge in [0.15, 0.2) is 5.11 Å². The summed E-state index contributed by atoms with van der Waals surface area (Å²) in [5.41, 5.74) is 8.67. The summed E-state index contributed by atoms with van der Waals surface area (Å²) in [6.45, 7) is 10.2. The van der Waals surface area contributed by atoms with Crippen LogP contribution in [0.25, 0.3) is 5.69 Å². The molecule has 5 nitrogen and oxygen atoms in total. The highest BCUT2D eigenvalue weighted by atomic mass is 32.1. The van der Waals surface area contributed by atoms with Crippen molar-refractivity contribution in [3.8, 4) is 5.69 Å². The van der Waals surface area contributed by atoms with Crippen LogP contribution >= 0.6 is 12.2 Å². The van der Waals surface area contributed by atoms with E-state index in [0.717, 1.165) is 23.8 Å². The van der Waals surface area contributed by atoms with E-state index in [1.54, 1.807) is 7.11 Å². The van der Waals surface area contributed by atoms with Crippen LogP contribution < -0.4 is 5.32 Å². The SMILES string of the molecule is CCc1cccc(C)c1-n1c(C)cc([C@@H]2[C@H](c3ccccn3)NC(=S)N2CCOC)c1C. The lowest BCUT2D eigenvalue weighted by Crippen LogP contribution is -2.32. The molecule has 0 radical (unpaired) electrons. The first-order valence-electron chi connectivity index (χ1n) is 11.2. The fourth-order valence-electron chi connectivity index (χ4n) is 4.93. The van der Waals surface area contributed by atoms with Crippen molar-refractivity contribution in [3.05, 3.63) is 82.4 Å². The van der Waals surface area contributed by atoms with E-state index in [0.29, 0.717) is 6.61 Å². The highest BCUT2D eigenvalue weighted by molar-refractivity contribution is 7.80. The first-order chi connectivity index (χ1) is 15.5. The van der Waals surface area contributed by atoms with Gasteiger partial charge in [-0.3, -0.25) is 4.98 Å². The Morgan fingerprint density at radius 1 is 1.12 bits per heavy atom. The monoisotopic (exact) mass is 448 g/mol. The Bertz CT molecular complexity index is 1110. The third kappa shape index (κ3) is 3.93. The number of pyridine rings is 1. The number of para-hydroxylation sites is 1. The zero-order valence-corrected chi connectivity index (χ0v) is 20.4. The quantitative estimate of drug-likeness (QED) is 0.517. The van der Waals surface area contributed by atoms with Crippen molar-refractivity contribution in [2.45, 2.75) is 46.2 Å². The van der Waals surface area contributed by atoms with Crippen molar-refractivity contribution in [1.82, 2.24) is 19.8 Å². The highest BCUT2D eigenvalue weighted by Gasteiger charge is 2.41. The van der Waals surface area contributed by atoms with Gasteiger partial charge in [0.25, 0.3) is 0 Å². The summed E-state index contributed by atoms with van der Waals surface area (Å²) < 4.78 is 7.81. The average molecular weight is 449 g/mol. The topological polar surface area (TPSA) is 42.3 Å². The van der Waals surface area contributed by atoms with Crippen LogP contribution in [0, 0.1) is 20.8 Å². The van der Waals surface area contributed by atoms with Gasteiger partial charge in [-0.1, -0.05) is 31.2 Å². The first kappa shape index (κ1) is 22.5. The zero-order valence-electron chi connectivity index (χ0n) is 19.6. The predicted molar refractivity (Wildman–Crippen MR) is 133 cm³/mol. The van der Waals surface area contributed by atoms with E-state index < -0.39 is 0 Å². The van der Waals surface area contributed by atoms with Crippen LogP contribution in [0.2, 0.25) is 0 Å². The summed E-state index contributed by atoms with van der Waals surface area (Å²) in [5.74, 6) is 0. The predicted octanol–water partition coefficient (Wildman–Crippen LogP) is 4.98. The minimum absolute atomic E-state index is 0.0166. The average Bonchev–Trinajstić information content (AvgIpc) is 3.27. The lowest BCUT2D eigenvalue weighted by atomic mass is 9.96. The van der Waals surface area contributed by atoms with E-state index in [2.05, 4.69) is 77.8 Å². The molecule has 4 rings (SSSR count). The largest absolute Gasteiger partial charge is 0.383 e. The van der Waals surface area contributed by atoms with E-state index in [4.69, 9.17) is 17.0 Å². The van der Waals surface area contributed by atoms with Gasteiger partial charge in [0, 0.05) is 31.2 Å². The molecular weight excluding hydrogens is 416 g/mol. The third-order valence-corrected chi connectivity index (χ3v) is 6.80. The van der Waals surface area contributed by atoms with E-state index in [1.165, 1.54) is 33.8 Å². The molecule has 0 spiro atoms. The molecule has 1 fully saturated rings. The smallest absolute Gasteiger partial charge is 0.170 e. The molecule has 1 aromatic carbocycles. The maximum absolute atomic E-state index is 5.77. The molecule has 1 aliphatic heterocycles. The summed E-state index contributed by atoms with van der Waals surface area (Å²) in [6, 6.07) is 15.0. The molecule has 1 saturated heterocycles.